The zero-order chi connectivity index (χ0) is 10.1. The molecule has 0 aliphatic carbocycles. The quantitative estimate of drug-likeness (QED) is 0.484. The van der Waals surface area contributed by atoms with Crippen molar-refractivity contribution in [2.45, 2.75) is 26.3 Å². The third-order valence-electron chi connectivity index (χ3n) is 1.26. The van der Waals surface area contributed by atoms with E-state index in [-0.39, 0.29) is 12.1 Å². The lowest BCUT2D eigenvalue weighted by Gasteiger charge is -2.09. The predicted molar refractivity (Wildman–Crippen MR) is 52.4 cm³/mol. The van der Waals surface area contributed by atoms with Crippen molar-refractivity contribution >= 4 is 6.03 Å². The Hall–Kier alpha value is -1.19. The lowest BCUT2D eigenvalue weighted by molar-refractivity contribution is 0.230. The molecule has 0 heterocycles. The minimum atomic E-state index is -0.131. The van der Waals surface area contributed by atoms with Gasteiger partial charge >= 0.3 is 6.03 Å². The maximum absolute atomic E-state index is 11.0. The molecule has 4 nitrogen and oxygen atoms in total. The molecule has 0 bridgehead atoms. The Balaban J connectivity index is 3.22. The molecule has 0 atom stereocenters. The van der Waals surface area contributed by atoms with E-state index in [4.69, 9.17) is 4.74 Å². The van der Waals surface area contributed by atoms with E-state index in [2.05, 4.69) is 17.2 Å². The molecule has 0 saturated heterocycles. The number of urea groups is 1. The minimum absolute atomic E-state index is 0.131. The second-order valence-electron chi connectivity index (χ2n) is 2.95. The van der Waals surface area contributed by atoms with Crippen LogP contribution in [-0.2, 0) is 4.74 Å². The van der Waals surface area contributed by atoms with E-state index >= 15 is 0 Å². The van der Waals surface area contributed by atoms with Crippen molar-refractivity contribution in [2.24, 2.45) is 0 Å². The van der Waals surface area contributed by atoms with Crippen LogP contribution in [0.4, 0.5) is 4.79 Å². The first-order chi connectivity index (χ1) is 6.16. The van der Waals surface area contributed by atoms with Crippen LogP contribution in [0, 0.1) is 0 Å². The second-order valence-corrected chi connectivity index (χ2v) is 2.95. The van der Waals surface area contributed by atoms with Gasteiger partial charge in [0.15, 0.2) is 0 Å². The summed E-state index contributed by atoms with van der Waals surface area (Å²) in [7, 11) is 0. The van der Waals surface area contributed by atoms with E-state index in [9.17, 15) is 4.79 Å². The highest BCUT2D eigenvalue weighted by molar-refractivity contribution is 5.73. The van der Waals surface area contributed by atoms with Gasteiger partial charge in [-0.05, 0) is 20.3 Å². The number of carbonyl (C=O) groups excluding carboxylic acids is 1. The van der Waals surface area contributed by atoms with Gasteiger partial charge in [0.25, 0.3) is 0 Å². The maximum Gasteiger partial charge on any atom is 0.314 e. The van der Waals surface area contributed by atoms with Gasteiger partial charge in [-0.25, -0.2) is 4.79 Å². The summed E-state index contributed by atoms with van der Waals surface area (Å²) in [4.78, 5) is 11.0. The van der Waals surface area contributed by atoms with Crippen LogP contribution in [-0.4, -0.2) is 25.2 Å². The summed E-state index contributed by atoms with van der Waals surface area (Å²) in [6.45, 7) is 8.45. The number of hydrogen-bond acceptors (Lipinski definition) is 2. The average Bonchev–Trinajstić information content (AvgIpc) is 2.02. The molecule has 0 radical (unpaired) electrons. The molecule has 0 aliphatic rings. The van der Waals surface area contributed by atoms with Crippen molar-refractivity contribution in [1.82, 2.24) is 10.6 Å². The fourth-order valence-electron chi connectivity index (χ4n) is 0.754. The normalized spacial score (nSPS) is 9.46. The summed E-state index contributed by atoms with van der Waals surface area (Å²) < 4.78 is 4.89. The highest BCUT2D eigenvalue weighted by atomic mass is 16.5. The first-order valence-electron chi connectivity index (χ1n) is 4.43. The van der Waals surface area contributed by atoms with Gasteiger partial charge in [-0.3, -0.25) is 0 Å². The number of nitrogens with one attached hydrogen (secondary N) is 2. The molecule has 0 aromatic rings. The molecule has 0 rings (SSSR count). The lowest BCUT2D eigenvalue weighted by atomic mass is 10.4. The molecule has 0 spiro atoms. The first-order valence-corrected chi connectivity index (χ1v) is 4.43. The fraction of sp³-hybridized carbons (Fsp3) is 0.667. The fourth-order valence-corrected chi connectivity index (χ4v) is 0.754. The number of ether oxygens (including phenoxy) is 1. The molecule has 0 unspecified atom stereocenters. The van der Waals surface area contributed by atoms with Gasteiger partial charge < -0.3 is 15.4 Å². The maximum atomic E-state index is 11.0. The minimum Gasteiger partial charge on any atom is -0.502 e. The number of hydrogen-bond donors (Lipinski definition) is 2. The Morgan fingerprint density at radius 2 is 2.31 bits per heavy atom. The Morgan fingerprint density at radius 1 is 1.62 bits per heavy atom. The van der Waals surface area contributed by atoms with Gasteiger partial charge in [0, 0.05) is 12.6 Å². The van der Waals surface area contributed by atoms with Crippen LogP contribution in [0.3, 0.4) is 0 Å². The largest absolute Gasteiger partial charge is 0.502 e. The number of amides is 2. The topological polar surface area (TPSA) is 50.4 Å². The van der Waals surface area contributed by atoms with E-state index in [1.807, 2.05) is 13.8 Å². The van der Waals surface area contributed by atoms with Gasteiger partial charge in [0.2, 0.25) is 0 Å². The van der Waals surface area contributed by atoms with Gasteiger partial charge in [0.1, 0.15) is 0 Å². The zero-order valence-electron chi connectivity index (χ0n) is 8.30. The predicted octanol–water partition coefficient (Wildman–Crippen LogP) is 1.24. The molecule has 0 saturated carbocycles. The third-order valence-corrected chi connectivity index (χ3v) is 1.26. The zero-order valence-corrected chi connectivity index (χ0v) is 8.30. The Morgan fingerprint density at radius 3 is 2.85 bits per heavy atom. The Kier molecular flexibility index (Phi) is 6.78. The molecular formula is C9H18N2O2. The van der Waals surface area contributed by atoms with Crippen LogP contribution < -0.4 is 10.6 Å². The average molecular weight is 186 g/mol. The van der Waals surface area contributed by atoms with Gasteiger partial charge in [-0.2, -0.15) is 0 Å². The summed E-state index contributed by atoms with van der Waals surface area (Å²) in [5, 5.41) is 5.43. The van der Waals surface area contributed by atoms with Crippen molar-refractivity contribution in [3.63, 3.8) is 0 Å². The summed E-state index contributed by atoms with van der Waals surface area (Å²) in [6, 6.07) is 0.0398. The molecule has 2 N–H and O–H groups in total. The first kappa shape index (κ1) is 11.8. The monoisotopic (exact) mass is 186 g/mol. The molecule has 2 amide bonds. The van der Waals surface area contributed by atoms with Crippen LogP contribution in [0.1, 0.15) is 20.3 Å². The molecule has 0 aromatic carbocycles. The van der Waals surface area contributed by atoms with Crippen LogP contribution >= 0.6 is 0 Å². The van der Waals surface area contributed by atoms with E-state index in [1.165, 1.54) is 6.26 Å². The van der Waals surface area contributed by atoms with Crippen LogP contribution in [0.25, 0.3) is 0 Å². The van der Waals surface area contributed by atoms with E-state index in [0.29, 0.717) is 13.2 Å². The Bertz CT molecular complexity index is 158. The summed E-state index contributed by atoms with van der Waals surface area (Å²) >= 11 is 0. The molecule has 0 aliphatic heterocycles. The van der Waals surface area contributed by atoms with E-state index in [0.717, 1.165) is 6.42 Å². The molecular weight excluding hydrogens is 168 g/mol. The van der Waals surface area contributed by atoms with Gasteiger partial charge in [-0.1, -0.05) is 6.58 Å². The smallest absolute Gasteiger partial charge is 0.314 e. The summed E-state index contributed by atoms with van der Waals surface area (Å²) in [5.41, 5.74) is 0. The van der Waals surface area contributed by atoms with Crippen molar-refractivity contribution < 1.29 is 9.53 Å². The molecule has 0 fully saturated rings. The van der Waals surface area contributed by atoms with Gasteiger partial charge in [-0.15, -0.1) is 0 Å². The van der Waals surface area contributed by atoms with Crippen LogP contribution in [0.15, 0.2) is 12.8 Å². The Labute approximate surface area is 79.3 Å². The molecule has 4 heteroatoms. The summed E-state index contributed by atoms with van der Waals surface area (Å²) in [5.74, 6) is 0. The SMILES string of the molecule is C=COCCCNC(=O)NC(C)C. The number of rotatable bonds is 6. The van der Waals surface area contributed by atoms with Crippen molar-refractivity contribution in [1.29, 1.82) is 0 Å². The molecule has 13 heavy (non-hydrogen) atoms. The second kappa shape index (κ2) is 7.46. The highest BCUT2D eigenvalue weighted by Gasteiger charge is 1.99. The standard InChI is InChI=1S/C9H18N2O2/c1-4-13-7-5-6-10-9(12)11-8(2)3/h4,8H,1,5-7H2,2-3H3,(H2,10,11,12). The van der Waals surface area contributed by atoms with Crippen molar-refractivity contribution in [3.05, 3.63) is 12.8 Å². The van der Waals surface area contributed by atoms with Gasteiger partial charge in [0.05, 0.1) is 12.9 Å². The van der Waals surface area contributed by atoms with Crippen molar-refractivity contribution in [2.75, 3.05) is 13.2 Å². The molecule has 0 aromatic heterocycles. The lowest BCUT2D eigenvalue weighted by Crippen LogP contribution is -2.39. The van der Waals surface area contributed by atoms with Crippen LogP contribution in [0.5, 0.6) is 0 Å². The molecule has 76 valence electrons. The van der Waals surface area contributed by atoms with Crippen LogP contribution in [0.2, 0.25) is 0 Å². The van der Waals surface area contributed by atoms with E-state index in [1.54, 1.807) is 0 Å². The summed E-state index contributed by atoms with van der Waals surface area (Å²) in [6.07, 6.45) is 2.19. The van der Waals surface area contributed by atoms with Crippen molar-refractivity contribution in [3.8, 4) is 0 Å². The third kappa shape index (κ3) is 8.72. The number of carbonyl (C=O) groups is 1. The van der Waals surface area contributed by atoms with E-state index < -0.39 is 0 Å². The highest BCUT2D eigenvalue weighted by Crippen LogP contribution is 1.81.